The van der Waals surface area contributed by atoms with E-state index in [0.29, 0.717) is 15.7 Å². The van der Waals surface area contributed by atoms with Gasteiger partial charge in [-0.25, -0.2) is 9.97 Å². The number of benzene rings is 1. The molecule has 1 aromatic carbocycles. The Kier molecular flexibility index (Phi) is 4.98. The first-order chi connectivity index (χ1) is 13.3. The van der Waals surface area contributed by atoms with E-state index in [1.807, 2.05) is 38.1 Å². The fraction of sp³-hybridized carbons (Fsp3) is 0.263. The van der Waals surface area contributed by atoms with Crippen LogP contribution < -0.4 is 10.9 Å². The predicted octanol–water partition coefficient (Wildman–Crippen LogP) is 4.34. The first-order valence-corrected chi connectivity index (χ1v) is 11.2. The molecule has 6 nitrogen and oxygen atoms in total. The van der Waals surface area contributed by atoms with Crippen LogP contribution in [0, 0.1) is 13.8 Å². The van der Waals surface area contributed by atoms with E-state index in [1.54, 1.807) is 14.0 Å². The predicted molar refractivity (Wildman–Crippen MR) is 118 cm³/mol. The molecule has 0 saturated carbocycles. The number of thioether (sulfide) groups is 1. The second kappa shape index (κ2) is 7.31. The highest BCUT2D eigenvalue weighted by Crippen LogP contribution is 2.30. The first-order valence-electron chi connectivity index (χ1n) is 8.65. The summed E-state index contributed by atoms with van der Waals surface area (Å²) in [7, 11) is 1.70. The highest BCUT2D eigenvalue weighted by atomic mass is 32.2. The molecule has 0 bridgehead atoms. The number of amides is 1. The van der Waals surface area contributed by atoms with Crippen molar-refractivity contribution in [3.8, 4) is 0 Å². The third kappa shape index (κ3) is 3.34. The maximum absolute atomic E-state index is 12.7. The van der Waals surface area contributed by atoms with Crippen LogP contribution in [0.2, 0.25) is 0 Å². The molecular weight excluding hydrogens is 412 g/mol. The number of hydrogen-bond acceptors (Lipinski definition) is 7. The highest BCUT2D eigenvalue weighted by molar-refractivity contribution is 8.00. The van der Waals surface area contributed by atoms with E-state index < -0.39 is 5.25 Å². The van der Waals surface area contributed by atoms with E-state index in [2.05, 4.69) is 15.3 Å². The number of aromatic nitrogens is 3. The molecule has 0 radical (unpaired) electrons. The number of fused-ring (bicyclic) bond motifs is 2. The zero-order valence-electron chi connectivity index (χ0n) is 15.8. The van der Waals surface area contributed by atoms with E-state index >= 15 is 0 Å². The molecule has 9 heteroatoms. The molecule has 0 aliphatic heterocycles. The molecule has 0 spiro atoms. The summed E-state index contributed by atoms with van der Waals surface area (Å²) in [4.78, 5) is 36.2. The number of thiazole rings is 1. The van der Waals surface area contributed by atoms with Crippen LogP contribution in [0.25, 0.3) is 20.4 Å². The second-order valence-electron chi connectivity index (χ2n) is 6.46. The monoisotopic (exact) mass is 430 g/mol. The van der Waals surface area contributed by atoms with Crippen molar-refractivity contribution in [2.45, 2.75) is 31.2 Å². The summed E-state index contributed by atoms with van der Waals surface area (Å²) in [5.74, 6) is -0.169. The quantitative estimate of drug-likeness (QED) is 0.385. The lowest BCUT2D eigenvalue weighted by Gasteiger charge is -2.12. The number of carbonyl (C=O) groups excluding carboxylic acids is 1. The third-order valence-corrected chi connectivity index (χ3v) is 7.74. The van der Waals surface area contributed by atoms with E-state index in [0.717, 1.165) is 25.5 Å². The van der Waals surface area contributed by atoms with Crippen LogP contribution in [-0.4, -0.2) is 25.7 Å². The van der Waals surface area contributed by atoms with Gasteiger partial charge in [0.1, 0.15) is 4.83 Å². The Bertz CT molecular complexity index is 1240. The van der Waals surface area contributed by atoms with Crippen molar-refractivity contribution in [3.05, 3.63) is 45.1 Å². The van der Waals surface area contributed by atoms with Crippen LogP contribution in [0.15, 0.2) is 34.2 Å². The number of nitrogens with zero attached hydrogens (tertiary/aromatic N) is 3. The Morgan fingerprint density at radius 2 is 1.96 bits per heavy atom. The number of para-hydroxylation sites is 1. The van der Waals surface area contributed by atoms with Crippen molar-refractivity contribution in [3.63, 3.8) is 0 Å². The first kappa shape index (κ1) is 19.1. The molecule has 1 N–H and O–H groups in total. The molecule has 4 aromatic rings. The number of carbonyl (C=O) groups is 1. The normalized spacial score (nSPS) is 12.6. The van der Waals surface area contributed by atoms with Gasteiger partial charge in [0.15, 0.2) is 10.3 Å². The third-order valence-electron chi connectivity index (χ3n) is 4.54. The molecular formula is C19H18N4O2S3. The minimum atomic E-state index is -0.426. The lowest BCUT2D eigenvalue weighted by Crippen LogP contribution is -2.25. The zero-order chi connectivity index (χ0) is 20.0. The Balaban J connectivity index is 1.57. The van der Waals surface area contributed by atoms with Crippen LogP contribution in [0.1, 0.15) is 17.4 Å². The van der Waals surface area contributed by atoms with Crippen molar-refractivity contribution >= 4 is 65.9 Å². The molecule has 0 aliphatic carbocycles. The molecule has 28 heavy (non-hydrogen) atoms. The van der Waals surface area contributed by atoms with Gasteiger partial charge in [-0.05, 0) is 38.5 Å². The van der Waals surface area contributed by atoms with Gasteiger partial charge in [0.2, 0.25) is 5.91 Å². The number of nitrogens with one attached hydrogen (secondary N) is 1. The summed E-state index contributed by atoms with van der Waals surface area (Å²) in [5.41, 5.74) is 1.76. The Morgan fingerprint density at radius 3 is 2.71 bits per heavy atom. The van der Waals surface area contributed by atoms with Gasteiger partial charge in [0.05, 0.1) is 20.9 Å². The van der Waals surface area contributed by atoms with Crippen LogP contribution in [0.3, 0.4) is 0 Å². The van der Waals surface area contributed by atoms with E-state index in [1.165, 1.54) is 39.0 Å². The fourth-order valence-electron chi connectivity index (χ4n) is 2.81. The fourth-order valence-corrected chi connectivity index (χ4v) is 5.62. The van der Waals surface area contributed by atoms with Crippen LogP contribution >= 0.6 is 34.4 Å². The smallest absolute Gasteiger partial charge is 0.262 e. The molecule has 1 unspecified atom stereocenters. The average Bonchev–Trinajstić information content (AvgIpc) is 3.19. The van der Waals surface area contributed by atoms with Crippen LogP contribution in [0.5, 0.6) is 0 Å². The largest absolute Gasteiger partial charge is 0.301 e. The summed E-state index contributed by atoms with van der Waals surface area (Å²) in [6, 6.07) is 7.75. The van der Waals surface area contributed by atoms with Crippen molar-refractivity contribution in [2.24, 2.45) is 7.05 Å². The number of thiophene rings is 1. The number of anilines is 1. The van der Waals surface area contributed by atoms with E-state index in [4.69, 9.17) is 0 Å². The van der Waals surface area contributed by atoms with Crippen LogP contribution in [0.4, 0.5) is 5.13 Å². The van der Waals surface area contributed by atoms with E-state index in [-0.39, 0.29) is 11.5 Å². The van der Waals surface area contributed by atoms with Crippen LogP contribution in [-0.2, 0) is 11.8 Å². The van der Waals surface area contributed by atoms with Gasteiger partial charge in [-0.2, -0.15) is 0 Å². The van der Waals surface area contributed by atoms with Gasteiger partial charge >= 0.3 is 0 Å². The minimum absolute atomic E-state index is 0.0758. The summed E-state index contributed by atoms with van der Waals surface area (Å²) in [5, 5.41) is 4.22. The highest BCUT2D eigenvalue weighted by Gasteiger charge is 2.21. The molecule has 1 amide bonds. The van der Waals surface area contributed by atoms with Crippen molar-refractivity contribution in [2.75, 3.05) is 5.32 Å². The number of aryl methyl sites for hydroxylation is 2. The SMILES string of the molecule is Cc1sc2nc(SC(C)C(=O)Nc3nc4ccccc4s3)n(C)c(=O)c2c1C. The maximum Gasteiger partial charge on any atom is 0.262 e. The van der Waals surface area contributed by atoms with Crippen molar-refractivity contribution in [1.29, 1.82) is 0 Å². The van der Waals surface area contributed by atoms with Gasteiger partial charge in [0, 0.05) is 11.9 Å². The zero-order valence-corrected chi connectivity index (χ0v) is 18.2. The topological polar surface area (TPSA) is 76.9 Å². The van der Waals surface area contributed by atoms with Crippen molar-refractivity contribution < 1.29 is 4.79 Å². The molecule has 0 aliphatic rings. The molecule has 1 atom stereocenters. The van der Waals surface area contributed by atoms with Gasteiger partial charge in [0.25, 0.3) is 5.56 Å². The van der Waals surface area contributed by atoms with Gasteiger partial charge in [-0.3, -0.25) is 14.2 Å². The van der Waals surface area contributed by atoms with Gasteiger partial charge < -0.3 is 5.32 Å². The summed E-state index contributed by atoms with van der Waals surface area (Å²) >= 11 is 4.22. The van der Waals surface area contributed by atoms with Crippen molar-refractivity contribution in [1.82, 2.24) is 14.5 Å². The summed E-state index contributed by atoms with van der Waals surface area (Å²) in [6.07, 6.45) is 0. The van der Waals surface area contributed by atoms with E-state index in [9.17, 15) is 9.59 Å². The molecule has 144 valence electrons. The maximum atomic E-state index is 12.7. The van der Waals surface area contributed by atoms with Gasteiger partial charge in [-0.1, -0.05) is 35.2 Å². The Morgan fingerprint density at radius 1 is 1.21 bits per heavy atom. The molecule has 0 fully saturated rings. The average molecular weight is 431 g/mol. The minimum Gasteiger partial charge on any atom is -0.301 e. The Labute approximate surface area is 173 Å². The summed E-state index contributed by atoms with van der Waals surface area (Å²) in [6.45, 7) is 5.73. The lowest BCUT2D eigenvalue weighted by atomic mass is 10.2. The Hall–Kier alpha value is -2.23. The standard InChI is InChI=1S/C19H18N4O2S3/c1-9-10(2)26-16-14(9)17(25)23(4)19(22-16)27-11(3)15(24)21-18-20-12-7-5-6-8-13(12)28-18/h5-8,11H,1-4H3,(H,20,21,24). The number of hydrogen-bond donors (Lipinski definition) is 1. The molecule has 3 aromatic heterocycles. The number of rotatable bonds is 4. The molecule has 3 heterocycles. The summed E-state index contributed by atoms with van der Waals surface area (Å²) < 4.78 is 2.55. The van der Waals surface area contributed by atoms with Gasteiger partial charge in [-0.15, -0.1) is 11.3 Å². The molecule has 4 rings (SSSR count). The molecule has 0 saturated heterocycles. The lowest BCUT2D eigenvalue weighted by molar-refractivity contribution is -0.115. The second-order valence-corrected chi connectivity index (χ2v) is 10.00.